The molecule has 25 heavy (non-hydrogen) atoms. The highest BCUT2D eigenvalue weighted by Crippen LogP contribution is 2.45. The molecule has 0 amide bonds. The predicted molar refractivity (Wildman–Crippen MR) is 101 cm³/mol. The molecule has 0 aromatic heterocycles. The van der Waals surface area contributed by atoms with Crippen LogP contribution >= 0.6 is 12.4 Å². The number of hydrogen-bond acceptors (Lipinski definition) is 4. The Kier molecular flexibility index (Phi) is 6.45. The number of hydrogen-bond donors (Lipinski definition) is 0. The van der Waals surface area contributed by atoms with Crippen molar-refractivity contribution in [2.45, 2.75) is 25.4 Å². The summed E-state index contributed by atoms with van der Waals surface area (Å²) in [6.07, 6.45) is 0.188. The molecule has 0 bridgehead atoms. The third-order valence-corrected chi connectivity index (χ3v) is 4.13. The Morgan fingerprint density at radius 2 is 1.60 bits per heavy atom. The van der Waals surface area contributed by atoms with Gasteiger partial charge >= 0.3 is 5.97 Å². The van der Waals surface area contributed by atoms with Crippen molar-refractivity contribution in [3.05, 3.63) is 59.7 Å². The van der Waals surface area contributed by atoms with Crippen LogP contribution in [0.2, 0.25) is 0 Å². The molecule has 0 saturated carbocycles. The first-order chi connectivity index (χ1) is 11.5. The van der Waals surface area contributed by atoms with E-state index in [0.717, 1.165) is 22.6 Å². The molecule has 2 aromatic rings. The minimum absolute atomic E-state index is 0. The fourth-order valence-corrected chi connectivity index (χ4v) is 3.22. The number of carbonyl (C=O) groups is 1. The second-order valence-corrected chi connectivity index (χ2v) is 6.50. The van der Waals surface area contributed by atoms with E-state index >= 15 is 0 Å². The number of halogens is 1. The van der Waals surface area contributed by atoms with E-state index in [-0.39, 0.29) is 30.4 Å². The number of likely N-dealkylation sites (N-methyl/N-ethyl adjacent to an activating group) is 1. The van der Waals surface area contributed by atoms with Crippen molar-refractivity contribution in [3.63, 3.8) is 0 Å². The van der Waals surface area contributed by atoms with Gasteiger partial charge < -0.3 is 14.4 Å². The molecule has 0 N–H and O–H groups in total. The van der Waals surface area contributed by atoms with Crippen LogP contribution in [-0.2, 0) is 9.53 Å². The van der Waals surface area contributed by atoms with Crippen LogP contribution in [0.4, 0.5) is 0 Å². The topological polar surface area (TPSA) is 38.8 Å². The summed E-state index contributed by atoms with van der Waals surface area (Å²) in [6, 6.07) is 15.8. The summed E-state index contributed by atoms with van der Waals surface area (Å²) >= 11 is 0. The van der Waals surface area contributed by atoms with Gasteiger partial charge in [0, 0.05) is 23.6 Å². The first-order valence-corrected chi connectivity index (χ1v) is 8.24. The van der Waals surface area contributed by atoms with Crippen molar-refractivity contribution in [1.82, 2.24) is 4.90 Å². The standard InChI is InChI=1S/C20H23NO3.ClH/c1-14(13-21(2)3)23-20(22)12-17-15-8-4-6-10-18(15)24-19-11-7-5-9-16(17)19;/h4-11,14,17H,12-13H2,1-3H3;1H. The van der Waals surface area contributed by atoms with Crippen LogP contribution < -0.4 is 4.74 Å². The van der Waals surface area contributed by atoms with Gasteiger partial charge in [-0.05, 0) is 33.2 Å². The van der Waals surface area contributed by atoms with Crippen molar-refractivity contribution in [2.75, 3.05) is 20.6 Å². The number of ether oxygens (including phenoxy) is 2. The average Bonchev–Trinajstić information content (AvgIpc) is 2.53. The predicted octanol–water partition coefficient (Wildman–Crippen LogP) is 4.23. The Morgan fingerprint density at radius 3 is 2.12 bits per heavy atom. The second kappa shape index (κ2) is 8.37. The van der Waals surface area contributed by atoms with Crippen LogP contribution in [0.5, 0.6) is 11.5 Å². The molecule has 5 heteroatoms. The monoisotopic (exact) mass is 361 g/mol. The maximum Gasteiger partial charge on any atom is 0.307 e. The third-order valence-electron chi connectivity index (χ3n) is 4.13. The maximum atomic E-state index is 12.4. The molecule has 4 nitrogen and oxygen atoms in total. The number of rotatable bonds is 5. The minimum Gasteiger partial charge on any atom is -0.461 e. The summed E-state index contributed by atoms with van der Waals surface area (Å²) < 4.78 is 11.5. The molecule has 1 atom stereocenters. The van der Waals surface area contributed by atoms with E-state index < -0.39 is 0 Å². The zero-order valence-corrected chi connectivity index (χ0v) is 15.6. The van der Waals surface area contributed by atoms with Gasteiger partial charge in [0.15, 0.2) is 0 Å². The summed E-state index contributed by atoms with van der Waals surface area (Å²) in [5, 5.41) is 0. The number of nitrogens with zero attached hydrogens (tertiary/aromatic N) is 1. The SMILES string of the molecule is CC(CN(C)C)OC(=O)CC1c2ccccc2Oc2ccccc21.Cl. The summed E-state index contributed by atoms with van der Waals surface area (Å²) in [4.78, 5) is 14.5. The Bertz CT molecular complexity index is 687. The van der Waals surface area contributed by atoms with Crippen molar-refractivity contribution in [3.8, 4) is 11.5 Å². The summed E-state index contributed by atoms with van der Waals surface area (Å²) in [5.74, 6) is 1.41. The summed E-state index contributed by atoms with van der Waals surface area (Å²) in [6.45, 7) is 2.64. The lowest BCUT2D eigenvalue weighted by Gasteiger charge is -2.28. The number of fused-ring (bicyclic) bond motifs is 2. The van der Waals surface area contributed by atoms with E-state index in [1.807, 2.05) is 74.4 Å². The first-order valence-electron chi connectivity index (χ1n) is 8.24. The van der Waals surface area contributed by atoms with Crippen LogP contribution in [0.3, 0.4) is 0 Å². The summed E-state index contributed by atoms with van der Waals surface area (Å²) in [7, 11) is 3.94. The fourth-order valence-electron chi connectivity index (χ4n) is 3.22. The van der Waals surface area contributed by atoms with Gasteiger partial charge in [-0.25, -0.2) is 0 Å². The van der Waals surface area contributed by atoms with Crippen molar-refractivity contribution in [2.24, 2.45) is 0 Å². The number of carbonyl (C=O) groups excluding carboxylic acids is 1. The van der Waals surface area contributed by atoms with Crippen LogP contribution in [0.25, 0.3) is 0 Å². The van der Waals surface area contributed by atoms with Crippen LogP contribution in [0.1, 0.15) is 30.4 Å². The molecular formula is C20H24ClNO3. The molecule has 2 aromatic carbocycles. The van der Waals surface area contributed by atoms with Gasteiger partial charge in [0.2, 0.25) is 0 Å². The minimum atomic E-state index is -0.180. The van der Waals surface area contributed by atoms with Gasteiger partial charge in [-0.2, -0.15) is 0 Å². The largest absolute Gasteiger partial charge is 0.461 e. The highest BCUT2D eigenvalue weighted by Gasteiger charge is 2.29. The van der Waals surface area contributed by atoms with Gasteiger partial charge in [-0.15, -0.1) is 12.4 Å². The molecule has 1 heterocycles. The van der Waals surface area contributed by atoms with E-state index in [0.29, 0.717) is 13.0 Å². The highest BCUT2D eigenvalue weighted by molar-refractivity contribution is 5.85. The van der Waals surface area contributed by atoms with Crippen LogP contribution in [0, 0.1) is 0 Å². The van der Waals surface area contributed by atoms with Gasteiger partial charge in [0.25, 0.3) is 0 Å². The Balaban J connectivity index is 0.00000225. The van der Waals surface area contributed by atoms with Crippen molar-refractivity contribution < 1.29 is 14.3 Å². The lowest BCUT2D eigenvalue weighted by atomic mass is 9.85. The van der Waals surface area contributed by atoms with E-state index in [9.17, 15) is 4.79 Å². The summed E-state index contributed by atoms with van der Waals surface area (Å²) in [5.41, 5.74) is 2.07. The van der Waals surface area contributed by atoms with Crippen molar-refractivity contribution in [1.29, 1.82) is 0 Å². The van der Waals surface area contributed by atoms with E-state index in [1.54, 1.807) is 0 Å². The number of para-hydroxylation sites is 2. The maximum absolute atomic E-state index is 12.4. The Morgan fingerprint density at radius 1 is 1.08 bits per heavy atom. The molecule has 0 aliphatic carbocycles. The highest BCUT2D eigenvalue weighted by atomic mass is 35.5. The quantitative estimate of drug-likeness (QED) is 0.747. The van der Waals surface area contributed by atoms with E-state index in [2.05, 4.69) is 0 Å². The first kappa shape index (κ1) is 19.3. The van der Waals surface area contributed by atoms with Gasteiger partial charge in [-0.1, -0.05) is 36.4 Å². The van der Waals surface area contributed by atoms with Crippen LogP contribution in [0.15, 0.2) is 48.5 Å². The fraction of sp³-hybridized carbons (Fsp3) is 0.350. The lowest BCUT2D eigenvalue weighted by molar-refractivity contribution is -0.149. The zero-order chi connectivity index (χ0) is 17.1. The van der Waals surface area contributed by atoms with Gasteiger partial charge in [0.1, 0.15) is 17.6 Å². The average molecular weight is 362 g/mol. The number of esters is 1. The van der Waals surface area contributed by atoms with Crippen LogP contribution in [-0.4, -0.2) is 37.6 Å². The molecule has 0 radical (unpaired) electrons. The van der Waals surface area contributed by atoms with E-state index in [4.69, 9.17) is 9.47 Å². The smallest absolute Gasteiger partial charge is 0.307 e. The molecule has 3 rings (SSSR count). The normalized spacial score (nSPS) is 13.9. The Hall–Kier alpha value is -2.04. The second-order valence-electron chi connectivity index (χ2n) is 6.50. The molecule has 0 saturated heterocycles. The molecule has 1 aliphatic heterocycles. The molecular weight excluding hydrogens is 338 g/mol. The molecule has 0 fully saturated rings. The number of benzene rings is 2. The Labute approximate surface area is 155 Å². The molecule has 1 unspecified atom stereocenters. The van der Waals surface area contributed by atoms with E-state index in [1.165, 1.54) is 0 Å². The molecule has 1 aliphatic rings. The molecule has 0 spiro atoms. The van der Waals surface area contributed by atoms with Gasteiger partial charge in [0.05, 0.1) is 6.42 Å². The lowest BCUT2D eigenvalue weighted by Crippen LogP contribution is -2.28. The van der Waals surface area contributed by atoms with Gasteiger partial charge in [-0.3, -0.25) is 4.79 Å². The third kappa shape index (κ3) is 4.53. The molecule has 134 valence electrons. The van der Waals surface area contributed by atoms with Crippen molar-refractivity contribution >= 4 is 18.4 Å². The zero-order valence-electron chi connectivity index (χ0n) is 14.8.